The normalized spacial score (nSPS) is 20.8. The van der Waals surface area contributed by atoms with E-state index in [9.17, 15) is 4.79 Å². The third-order valence-corrected chi connectivity index (χ3v) is 2.60. The Morgan fingerprint density at radius 1 is 1.75 bits per heavy atom. The summed E-state index contributed by atoms with van der Waals surface area (Å²) in [5.74, 6) is 0.500. The SMILES string of the molecule is NC(=O)CC1CNCCN1c1ccn[c]n1. The standard InChI is InChI=1S/C10H14N5O/c11-9(16)5-8-6-12-3-4-15(8)10-1-2-13-7-14-10/h1-2,8,12H,3-6H2,(H2,11,16). The van der Waals surface area contributed by atoms with Crippen LogP contribution in [0, 0.1) is 6.33 Å². The summed E-state index contributed by atoms with van der Waals surface area (Å²) in [5.41, 5.74) is 5.23. The first-order valence-electron chi connectivity index (χ1n) is 5.22. The summed E-state index contributed by atoms with van der Waals surface area (Å²) < 4.78 is 0. The van der Waals surface area contributed by atoms with Crippen molar-refractivity contribution in [2.75, 3.05) is 24.5 Å². The number of nitrogens with one attached hydrogen (secondary N) is 1. The van der Waals surface area contributed by atoms with E-state index in [0.717, 1.165) is 25.5 Å². The van der Waals surface area contributed by atoms with Crippen molar-refractivity contribution in [2.24, 2.45) is 5.73 Å². The lowest BCUT2D eigenvalue weighted by atomic mass is 10.1. The largest absolute Gasteiger partial charge is 0.370 e. The van der Waals surface area contributed by atoms with Crippen LogP contribution in [-0.2, 0) is 4.79 Å². The molecule has 1 aromatic heterocycles. The van der Waals surface area contributed by atoms with E-state index < -0.39 is 0 Å². The number of carbonyl (C=O) groups is 1. The van der Waals surface area contributed by atoms with E-state index in [1.165, 1.54) is 0 Å². The van der Waals surface area contributed by atoms with E-state index in [0.29, 0.717) is 6.42 Å². The third kappa shape index (κ3) is 2.46. The van der Waals surface area contributed by atoms with Crippen LogP contribution in [0.1, 0.15) is 6.42 Å². The molecule has 1 unspecified atom stereocenters. The lowest BCUT2D eigenvalue weighted by Gasteiger charge is -2.36. The number of hydrogen-bond acceptors (Lipinski definition) is 5. The van der Waals surface area contributed by atoms with Gasteiger partial charge in [-0.25, -0.2) is 9.97 Å². The van der Waals surface area contributed by atoms with Crippen molar-refractivity contribution in [1.29, 1.82) is 0 Å². The van der Waals surface area contributed by atoms with Gasteiger partial charge in [0.15, 0.2) is 6.33 Å². The van der Waals surface area contributed by atoms with E-state index in [1.54, 1.807) is 6.20 Å². The van der Waals surface area contributed by atoms with Crippen LogP contribution >= 0.6 is 0 Å². The van der Waals surface area contributed by atoms with Gasteiger partial charge in [0.1, 0.15) is 5.82 Å². The number of amides is 1. The molecule has 1 aliphatic heterocycles. The van der Waals surface area contributed by atoms with Crippen LogP contribution in [0.2, 0.25) is 0 Å². The molecule has 6 nitrogen and oxygen atoms in total. The molecule has 1 aromatic rings. The molecule has 1 atom stereocenters. The van der Waals surface area contributed by atoms with E-state index in [1.807, 2.05) is 6.07 Å². The minimum absolute atomic E-state index is 0.0644. The first-order chi connectivity index (χ1) is 7.77. The van der Waals surface area contributed by atoms with E-state index in [4.69, 9.17) is 5.73 Å². The summed E-state index contributed by atoms with van der Waals surface area (Å²) in [6.45, 7) is 2.43. The fraction of sp³-hybridized carbons (Fsp3) is 0.500. The predicted octanol–water partition coefficient (Wildman–Crippen LogP) is -1.07. The van der Waals surface area contributed by atoms with Gasteiger partial charge in [0, 0.05) is 32.3 Å². The molecule has 16 heavy (non-hydrogen) atoms. The van der Waals surface area contributed by atoms with Crippen molar-refractivity contribution in [1.82, 2.24) is 15.3 Å². The van der Waals surface area contributed by atoms with Gasteiger partial charge < -0.3 is 16.0 Å². The highest BCUT2D eigenvalue weighted by Gasteiger charge is 2.24. The Balaban J connectivity index is 2.13. The molecule has 0 saturated carbocycles. The van der Waals surface area contributed by atoms with Gasteiger partial charge in [0.05, 0.1) is 6.04 Å². The number of nitrogens with two attached hydrogens (primary N) is 1. The van der Waals surface area contributed by atoms with Gasteiger partial charge in [-0.15, -0.1) is 0 Å². The predicted molar refractivity (Wildman–Crippen MR) is 58.7 cm³/mol. The maximum atomic E-state index is 11.0. The lowest BCUT2D eigenvalue weighted by molar-refractivity contribution is -0.118. The number of piperazine rings is 1. The topological polar surface area (TPSA) is 84.1 Å². The smallest absolute Gasteiger partial charge is 0.219 e. The van der Waals surface area contributed by atoms with Crippen molar-refractivity contribution in [3.8, 4) is 0 Å². The summed E-state index contributed by atoms with van der Waals surface area (Å²) >= 11 is 0. The summed E-state index contributed by atoms with van der Waals surface area (Å²) in [6, 6.07) is 1.88. The molecule has 6 heteroatoms. The van der Waals surface area contributed by atoms with Crippen LogP contribution in [0.5, 0.6) is 0 Å². The number of aromatic nitrogens is 2. The van der Waals surface area contributed by atoms with Gasteiger partial charge in [-0.3, -0.25) is 4.79 Å². The molecule has 0 aromatic carbocycles. The fourth-order valence-electron chi connectivity index (χ4n) is 1.89. The summed E-state index contributed by atoms with van der Waals surface area (Å²) in [4.78, 5) is 20.9. The zero-order valence-corrected chi connectivity index (χ0v) is 8.89. The van der Waals surface area contributed by atoms with Crippen LogP contribution in [0.25, 0.3) is 0 Å². The molecule has 2 heterocycles. The monoisotopic (exact) mass is 220 g/mol. The third-order valence-electron chi connectivity index (χ3n) is 2.60. The van der Waals surface area contributed by atoms with Gasteiger partial charge in [-0.2, -0.15) is 0 Å². The molecule has 0 spiro atoms. The summed E-state index contributed by atoms with van der Waals surface area (Å²) in [6.07, 6.45) is 4.53. The van der Waals surface area contributed by atoms with Crippen LogP contribution in [0.15, 0.2) is 12.3 Å². The second kappa shape index (κ2) is 4.89. The molecule has 0 aliphatic carbocycles. The lowest BCUT2D eigenvalue weighted by Crippen LogP contribution is -2.53. The molecule has 1 radical (unpaired) electrons. The van der Waals surface area contributed by atoms with Gasteiger partial charge in [-0.1, -0.05) is 0 Å². The molecule has 3 N–H and O–H groups in total. The Hall–Kier alpha value is -1.69. The molecule has 1 fully saturated rings. The molecular formula is C10H14N5O. The fourth-order valence-corrected chi connectivity index (χ4v) is 1.89. The van der Waals surface area contributed by atoms with Crippen molar-refractivity contribution >= 4 is 11.7 Å². The van der Waals surface area contributed by atoms with Crippen LogP contribution in [-0.4, -0.2) is 41.6 Å². The summed E-state index contributed by atoms with van der Waals surface area (Å²) in [5, 5.41) is 3.24. The number of nitrogens with zero attached hydrogens (tertiary/aromatic N) is 3. The Kier molecular flexibility index (Phi) is 3.31. The van der Waals surface area contributed by atoms with E-state index >= 15 is 0 Å². The quantitative estimate of drug-likeness (QED) is 0.677. The van der Waals surface area contributed by atoms with Crippen molar-refractivity contribution < 1.29 is 4.79 Å². The van der Waals surface area contributed by atoms with Crippen molar-refractivity contribution in [2.45, 2.75) is 12.5 Å². The van der Waals surface area contributed by atoms with E-state index in [-0.39, 0.29) is 11.9 Å². The van der Waals surface area contributed by atoms with Crippen LogP contribution in [0.3, 0.4) is 0 Å². The zero-order chi connectivity index (χ0) is 11.4. The first-order valence-corrected chi connectivity index (χ1v) is 5.22. The average molecular weight is 220 g/mol. The Morgan fingerprint density at radius 2 is 2.62 bits per heavy atom. The molecule has 1 amide bonds. The van der Waals surface area contributed by atoms with Crippen molar-refractivity contribution in [3.05, 3.63) is 18.6 Å². The first kappa shape index (κ1) is 10.8. The average Bonchev–Trinajstić information content (AvgIpc) is 2.30. The minimum atomic E-state index is -0.295. The second-order valence-corrected chi connectivity index (χ2v) is 3.74. The molecule has 1 saturated heterocycles. The highest BCUT2D eigenvalue weighted by molar-refractivity contribution is 5.75. The number of primary amides is 1. The Morgan fingerprint density at radius 3 is 3.31 bits per heavy atom. The van der Waals surface area contributed by atoms with Gasteiger partial charge in [0.2, 0.25) is 5.91 Å². The molecular weight excluding hydrogens is 206 g/mol. The molecule has 2 rings (SSSR count). The number of carbonyl (C=O) groups excluding carboxylic acids is 1. The highest BCUT2D eigenvalue weighted by Crippen LogP contribution is 2.15. The zero-order valence-electron chi connectivity index (χ0n) is 8.89. The van der Waals surface area contributed by atoms with Gasteiger partial charge in [0.25, 0.3) is 0 Å². The minimum Gasteiger partial charge on any atom is -0.370 e. The number of rotatable bonds is 3. The summed E-state index contributed by atoms with van der Waals surface area (Å²) in [7, 11) is 0. The maximum absolute atomic E-state index is 11.0. The van der Waals surface area contributed by atoms with Gasteiger partial charge >= 0.3 is 0 Å². The molecule has 1 aliphatic rings. The number of anilines is 1. The Bertz CT molecular complexity index is 355. The van der Waals surface area contributed by atoms with Gasteiger partial charge in [-0.05, 0) is 6.07 Å². The Labute approximate surface area is 93.9 Å². The van der Waals surface area contributed by atoms with Crippen LogP contribution < -0.4 is 16.0 Å². The molecule has 0 bridgehead atoms. The van der Waals surface area contributed by atoms with Crippen LogP contribution in [0.4, 0.5) is 5.82 Å². The maximum Gasteiger partial charge on any atom is 0.219 e. The highest BCUT2D eigenvalue weighted by atomic mass is 16.1. The molecule has 85 valence electrons. The van der Waals surface area contributed by atoms with Crippen molar-refractivity contribution in [3.63, 3.8) is 0 Å². The second-order valence-electron chi connectivity index (χ2n) is 3.74. The van der Waals surface area contributed by atoms with E-state index in [2.05, 4.69) is 26.5 Å². The number of hydrogen-bond donors (Lipinski definition) is 2.